The lowest BCUT2D eigenvalue weighted by molar-refractivity contribution is 0.301. The first-order valence-corrected chi connectivity index (χ1v) is 9.29. The third kappa shape index (κ3) is 4.79. The van der Waals surface area contributed by atoms with Crippen LogP contribution in [-0.2, 0) is 10.0 Å². The Morgan fingerprint density at radius 2 is 1.54 bits per heavy atom. The van der Waals surface area contributed by atoms with E-state index in [0.717, 1.165) is 18.7 Å². The van der Waals surface area contributed by atoms with E-state index < -0.39 is 10.0 Å². The zero-order valence-corrected chi connectivity index (χ0v) is 14.9. The highest BCUT2D eigenvalue weighted by molar-refractivity contribution is 7.92. The van der Waals surface area contributed by atoms with Gasteiger partial charge in [0.05, 0.1) is 10.6 Å². The van der Waals surface area contributed by atoms with E-state index in [2.05, 4.69) is 15.1 Å². The minimum absolute atomic E-state index is 0.235. The minimum Gasteiger partial charge on any atom is -0.280 e. The highest BCUT2D eigenvalue weighted by Gasteiger charge is 2.13. The Kier molecular flexibility index (Phi) is 5.92. The summed E-state index contributed by atoms with van der Waals surface area (Å²) in [6.07, 6.45) is 0. The summed E-state index contributed by atoms with van der Waals surface area (Å²) in [6.45, 7) is 7.50. The quantitative estimate of drug-likeness (QED) is 0.605. The lowest BCUT2D eigenvalue weighted by Crippen LogP contribution is -2.14. The lowest BCUT2D eigenvalue weighted by Gasteiger charge is -2.11. The number of sulfonamides is 1. The van der Waals surface area contributed by atoms with Gasteiger partial charge >= 0.3 is 0 Å². The molecule has 24 heavy (non-hydrogen) atoms. The summed E-state index contributed by atoms with van der Waals surface area (Å²) >= 11 is 0. The molecule has 0 heterocycles. The fraction of sp³-hybridized carbons (Fsp3) is 0.294. The maximum atomic E-state index is 12.3. The predicted octanol–water partition coefficient (Wildman–Crippen LogP) is 4.14. The Morgan fingerprint density at radius 3 is 2.08 bits per heavy atom. The van der Waals surface area contributed by atoms with E-state index in [1.165, 1.54) is 0 Å². The van der Waals surface area contributed by atoms with Crippen molar-refractivity contribution in [1.29, 1.82) is 0 Å². The summed E-state index contributed by atoms with van der Waals surface area (Å²) in [5.41, 5.74) is 2.16. The normalized spacial score (nSPS) is 11.6. The fourth-order valence-electron chi connectivity index (χ4n) is 1.99. The van der Waals surface area contributed by atoms with E-state index in [1.807, 2.05) is 25.8 Å². The van der Waals surface area contributed by atoms with Crippen LogP contribution < -0.4 is 4.72 Å². The second-order valence-corrected chi connectivity index (χ2v) is 6.98. The van der Waals surface area contributed by atoms with Crippen molar-refractivity contribution in [1.82, 2.24) is 5.01 Å². The van der Waals surface area contributed by atoms with Gasteiger partial charge in [0, 0.05) is 18.8 Å². The molecular weight excluding hydrogens is 324 g/mol. The van der Waals surface area contributed by atoms with E-state index in [9.17, 15) is 8.42 Å². The van der Waals surface area contributed by atoms with Gasteiger partial charge < -0.3 is 0 Å². The van der Waals surface area contributed by atoms with Crippen LogP contribution in [0.15, 0.2) is 63.8 Å². The van der Waals surface area contributed by atoms with Crippen molar-refractivity contribution in [3.63, 3.8) is 0 Å². The molecule has 0 spiro atoms. The molecule has 128 valence electrons. The zero-order chi connectivity index (χ0) is 17.6. The van der Waals surface area contributed by atoms with Gasteiger partial charge in [-0.25, -0.2) is 8.42 Å². The number of benzene rings is 2. The van der Waals surface area contributed by atoms with Crippen molar-refractivity contribution in [2.24, 2.45) is 10.3 Å². The average molecular weight is 346 g/mol. The van der Waals surface area contributed by atoms with Crippen LogP contribution in [0.2, 0.25) is 0 Å². The third-order valence-electron chi connectivity index (χ3n) is 3.47. The van der Waals surface area contributed by atoms with Crippen molar-refractivity contribution < 1.29 is 8.42 Å². The average Bonchev–Trinajstić information content (AvgIpc) is 2.57. The predicted molar refractivity (Wildman–Crippen MR) is 95.9 cm³/mol. The van der Waals surface area contributed by atoms with Gasteiger partial charge in [0.25, 0.3) is 10.0 Å². The Morgan fingerprint density at radius 1 is 0.958 bits per heavy atom. The van der Waals surface area contributed by atoms with Crippen LogP contribution in [0, 0.1) is 6.92 Å². The van der Waals surface area contributed by atoms with Gasteiger partial charge in [-0.3, -0.25) is 9.73 Å². The van der Waals surface area contributed by atoms with Gasteiger partial charge in [0.15, 0.2) is 0 Å². The Balaban J connectivity index is 2.09. The van der Waals surface area contributed by atoms with Crippen LogP contribution in [0.5, 0.6) is 0 Å². The molecule has 0 radical (unpaired) electrons. The van der Waals surface area contributed by atoms with Crippen LogP contribution in [0.1, 0.15) is 19.4 Å². The Hall–Kier alpha value is -2.41. The zero-order valence-electron chi connectivity index (χ0n) is 14.1. The largest absolute Gasteiger partial charge is 0.280 e. The highest BCUT2D eigenvalue weighted by atomic mass is 32.2. The van der Waals surface area contributed by atoms with Gasteiger partial charge in [-0.2, -0.15) is 0 Å². The molecule has 0 aliphatic carbocycles. The van der Waals surface area contributed by atoms with Crippen molar-refractivity contribution in [3.05, 3.63) is 54.1 Å². The second kappa shape index (κ2) is 7.92. The molecule has 7 heteroatoms. The first-order valence-electron chi connectivity index (χ1n) is 7.80. The minimum atomic E-state index is -3.59. The molecule has 0 aliphatic rings. The molecule has 0 saturated heterocycles. The van der Waals surface area contributed by atoms with E-state index in [0.29, 0.717) is 11.4 Å². The van der Waals surface area contributed by atoms with Crippen LogP contribution in [-0.4, -0.2) is 26.5 Å². The number of nitrogens with zero attached hydrogens (tertiary/aromatic N) is 3. The molecule has 6 nitrogen and oxygen atoms in total. The molecule has 0 aromatic heterocycles. The van der Waals surface area contributed by atoms with Crippen LogP contribution in [0.4, 0.5) is 11.4 Å². The lowest BCUT2D eigenvalue weighted by atomic mass is 10.2. The Bertz CT molecular complexity index is 780. The number of hydrogen-bond acceptors (Lipinski definition) is 4. The SMILES string of the molecule is CCN(CC)N=Nc1ccc(NS(=O)(=O)c2ccc(C)cc2)cc1. The first kappa shape index (κ1) is 17.9. The summed E-state index contributed by atoms with van der Waals surface area (Å²) < 4.78 is 27.2. The molecule has 2 aromatic rings. The maximum absolute atomic E-state index is 12.3. The molecule has 2 aromatic carbocycles. The van der Waals surface area contributed by atoms with Crippen LogP contribution in [0.3, 0.4) is 0 Å². The van der Waals surface area contributed by atoms with Gasteiger partial charge in [0.2, 0.25) is 0 Å². The van der Waals surface area contributed by atoms with Crippen LogP contribution >= 0.6 is 0 Å². The smallest absolute Gasteiger partial charge is 0.261 e. The monoisotopic (exact) mass is 346 g/mol. The summed E-state index contributed by atoms with van der Waals surface area (Å²) in [6, 6.07) is 13.5. The number of hydrogen-bond donors (Lipinski definition) is 1. The number of anilines is 1. The summed E-state index contributed by atoms with van der Waals surface area (Å²) in [4.78, 5) is 0.235. The molecule has 1 N–H and O–H groups in total. The molecular formula is C17H22N4O2S. The van der Waals surface area contributed by atoms with E-state index >= 15 is 0 Å². The number of aryl methyl sites for hydroxylation is 1. The van der Waals surface area contributed by atoms with Gasteiger partial charge in [-0.05, 0) is 57.2 Å². The highest BCUT2D eigenvalue weighted by Crippen LogP contribution is 2.20. The van der Waals surface area contributed by atoms with Crippen molar-refractivity contribution in [3.8, 4) is 0 Å². The maximum Gasteiger partial charge on any atom is 0.261 e. The number of rotatable bonds is 7. The summed E-state index contributed by atoms with van der Waals surface area (Å²) in [5, 5.41) is 10.1. The van der Waals surface area contributed by atoms with Crippen molar-refractivity contribution in [2.75, 3.05) is 17.8 Å². The summed E-state index contributed by atoms with van der Waals surface area (Å²) in [7, 11) is -3.59. The molecule has 0 amide bonds. The first-order chi connectivity index (χ1) is 11.4. The fourth-order valence-corrected chi connectivity index (χ4v) is 3.05. The topological polar surface area (TPSA) is 74.1 Å². The van der Waals surface area contributed by atoms with Crippen molar-refractivity contribution in [2.45, 2.75) is 25.7 Å². The molecule has 0 bridgehead atoms. The second-order valence-electron chi connectivity index (χ2n) is 5.29. The molecule has 0 aliphatic heterocycles. The van der Waals surface area contributed by atoms with E-state index in [1.54, 1.807) is 48.5 Å². The van der Waals surface area contributed by atoms with E-state index in [-0.39, 0.29) is 4.90 Å². The van der Waals surface area contributed by atoms with Crippen molar-refractivity contribution >= 4 is 21.4 Å². The molecule has 2 rings (SSSR count). The van der Waals surface area contributed by atoms with Gasteiger partial charge in [-0.15, -0.1) is 5.11 Å². The Labute approximate surface area is 143 Å². The van der Waals surface area contributed by atoms with Gasteiger partial charge in [0.1, 0.15) is 0 Å². The molecule has 0 atom stereocenters. The third-order valence-corrected chi connectivity index (χ3v) is 4.86. The standard InChI is InChI=1S/C17H22N4O2S/c1-4-21(5-2)20-18-15-8-10-16(11-9-15)19-24(22,23)17-12-6-14(3)7-13-17/h6-13,19H,4-5H2,1-3H3. The molecule has 0 saturated carbocycles. The molecule has 0 unspecified atom stereocenters. The van der Waals surface area contributed by atoms with Gasteiger partial charge in [-0.1, -0.05) is 22.9 Å². The van der Waals surface area contributed by atoms with Crippen LogP contribution in [0.25, 0.3) is 0 Å². The van der Waals surface area contributed by atoms with E-state index in [4.69, 9.17) is 0 Å². The summed E-state index contributed by atoms with van der Waals surface area (Å²) in [5.74, 6) is 0. The molecule has 0 fully saturated rings. The number of nitrogens with one attached hydrogen (secondary N) is 1.